The molecule has 8 heteroatoms. The normalized spacial score (nSPS) is 13.5. The molecule has 1 aliphatic rings. The fraction of sp³-hybridized carbons (Fsp3) is 0.219. The predicted octanol–water partition coefficient (Wildman–Crippen LogP) is 5.79. The number of hydrogen-bond acceptors (Lipinski definition) is 8. The molecule has 3 aromatic rings. The molecule has 8 nitrogen and oxygen atoms in total. The standard InChI is InChI=1S/C32H31NO7/c1-4-37-28(34)18-19-40-27-17-16-22-12-10-11-15-24(22)30(27)29-25(31(35)38-5-2)20-33(23-13-8-7-9-14-23)21-26(29)32(36)39-6-3/h7-21,29H,4-6H2,1-3H3/b19-18+. The molecule has 40 heavy (non-hydrogen) atoms. The van der Waals surface area contributed by atoms with Gasteiger partial charge in [-0.05, 0) is 49.7 Å². The summed E-state index contributed by atoms with van der Waals surface area (Å²) in [5, 5.41) is 1.63. The van der Waals surface area contributed by atoms with Gasteiger partial charge in [0.05, 0.1) is 49.2 Å². The topological polar surface area (TPSA) is 91.4 Å². The smallest absolute Gasteiger partial charge is 0.336 e. The summed E-state index contributed by atoms with van der Waals surface area (Å²) in [5.41, 5.74) is 1.76. The molecule has 0 spiro atoms. The number of carbonyl (C=O) groups is 3. The van der Waals surface area contributed by atoms with Crippen LogP contribution in [0.2, 0.25) is 0 Å². The average Bonchev–Trinajstić information content (AvgIpc) is 2.97. The van der Waals surface area contributed by atoms with Gasteiger partial charge in [-0.3, -0.25) is 0 Å². The van der Waals surface area contributed by atoms with Gasteiger partial charge in [0.1, 0.15) is 5.75 Å². The lowest BCUT2D eigenvalue weighted by Crippen LogP contribution is -2.29. The zero-order valence-electron chi connectivity index (χ0n) is 22.7. The molecular weight excluding hydrogens is 510 g/mol. The van der Waals surface area contributed by atoms with Crippen LogP contribution in [0.1, 0.15) is 32.3 Å². The Labute approximate surface area is 233 Å². The summed E-state index contributed by atoms with van der Waals surface area (Å²) in [6.45, 7) is 5.68. The highest BCUT2D eigenvalue weighted by atomic mass is 16.5. The van der Waals surface area contributed by atoms with Crippen molar-refractivity contribution in [1.82, 2.24) is 0 Å². The lowest BCUT2D eigenvalue weighted by molar-refractivity contribution is -0.140. The number of para-hydroxylation sites is 1. The first kappa shape index (κ1) is 28.2. The average molecular weight is 542 g/mol. The minimum Gasteiger partial charge on any atom is -0.464 e. The maximum Gasteiger partial charge on any atom is 0.336 e. The predicted molar refractivity (Wildman–Crippen MR) is 151 cm³/mol. The van der Waals surface area contributed by atoms with E-state index in [1.807, 2.05) is 60.7 Å². The van der Waals surface area contributed by atoms with E-state index in [1.165, 1.54) is 12.3 Å². The summed E-state index contributed by atoms with van der Waals surface area (Å²) < 4.78 is 21.8. The van der Waals surface area contributed by atoms with Crippen LogP contribution in [0.25, 0.3) is 10.8 Å². The van der Waals surface area contributed by atoms with Crippen LogP contribution < -0.4 is 9.64 Å². The van der Waals surface area contributed by atoms with Crippen LogP contribution in [0.15, 0.2) is 103 Å². The molecule has 0 aromatic heterocycles. The molecule has 4 rings (SSSR count). The summed E-state index contributed by atoms with van der Waals surface area (Å²) in [7, 11) is 0. The van der Waals surface area contributed by atoms with E-state index >= 15 is 0 Å². The van der Waals surface area contributed by atoms with Crippen LogP contribution >= 0.6 is 0 Å². The van der Waals surface area contributed by atoms with Crippen LogP contribution in [0.5, 0.6) is 5.75 Å². The number of rotatable bonds is 10. The van der Waals surface area contributed by atoms with E-state index in [0.717, 1.165) is 16.5 Å². The summed E-state index contributed by atoms with van der Waals surface area (Å²) in [6.07, 6.45) is 5.73. The van der Waals surface area contributed by atoms with E-state index in [9.17, 15) is 14.4 Å². The third-order valence-corrected chi connectivity index (χ3v) is 6.16. The molecule has 0 N–H and O–H groups in total. The molecule has 0 saturated heterocycles. The number of nitrogens with zero attached hydrogens (tertiary/aromatic N) is 1. The van der Waals surface area contributed by atoms with Gasteiger partial charge >= 0.3 is 17.9 Å². The number of esters is 3. The second kappa shape index (κ2) is 13.3. The molecular formula is C32H31NO7. The maximum absolute atomic E-state index is 13.5. The zero-order chi connectivity index (χ0) is 28.5. The van der Waals surface area contributed by atoms with Crippen molar-refractivity contribution in [2.75, 3.05) is 24.7 Å². The van der Waals surface area contributed by atoms with Gasteiger partial charge in [-0.25, -0.2) is 14.4 Å². The zero-order valence-corrected chi connectivity index (χ0v) is 22.7. The van der Waals surface area contributed by atoms with Crippen molar-refractivity contribution >= 4 is 34.4 Å². The SMILES string of the molecule is CCOC(=O)/C=C/Oc1ccc2ccccc2c1C1C(C(=O)OCC)=CN(c2ccccc2)C=C1C(=O)OCC. The van der Waals surface area contributed by atoms with Crippen molar-refractivity contribution in [3.05, 3.63) is 108 Å². The summed E-state index contributed by atoms with van der Waals surface area (Å²) in [5.74, 6) is -2.26. The van der Waals surface area contributed by atoms with Crippen molar-refractivity contribution < 1.29 is 33.3 Å². The number of benzene rings is 3. The van der Waals surface area contributed by atoms with E-state index in [2.05, 4.69) is 0 Å². The highest BCUT2D eigenvalue weighted by Gasteiger charge is 2.38. The van der Waals surface area contributed by atoms with Gasteiger partial charge in [0.15, 0.2) is 0 Å². The third-order valence-electron chi connectivity index (χ3n) is 6.16. The second-order valence-corrected chi connectivity index (χ2v) is 8.66. The summed E-state index contributed by atoms with van der Waals surface area (Å²) in [6, 6.07) is 20.5. The first-order valence-electron chi connectivity index (χ1n) is 13.1. The maximum atomic E-state index is 13.5. The molecule has 206 valence electrons. The van der Waals surface area contributed by atoms with Gasteiger partial charge in [-0.15, -0.1) is 0 Å². The monoisotopic (exact) mass is 541 g/mol. The van der Waals surface area contributed by atoms with E-state index in [0.29, 0.717) is 11.3 Å². The molecule has 1 aliphatic heterocycles. The minimum absolute atomic E-state index is 0.147. The molecule has 0 radical (unpaired) electrons. The Morgan fingerprint density at radius 2 is 1.35 bits per heavy atom. The largest absolute Gasteiger partial charge is 0.464 e. The lowest BCUT2D eigenvalue weighted by atomic mass is 9.80. The Hall–Kier alpha value is -4.85. The van der Waals surface area contributed by atoms with Crippen LogP contribution in [0, 0.1) is 0 Å². The quantitative estimate of drug-likeness (QED) is 0.138. The number of ether oxygens (including phenoxy) is 4. The molecule has 0 amide bonds. The van der Waals surface area contributed by atoms with Gasteiger partial charge in [0, 0.05) is 23.7 Å². The van der Waals surface area contributed by atoms with Gasteiger partial charge in [-0.2, -0.15) is 0 Å². The minimum atomic E-state index is -0.893. The van der Waals surface area contributed by atoms with Crippen LogP contribution in [0.4, 0.5) is 5.69 Å². The van der Waals surface area contributed by atoms with E-state index < -0.39 is 23.8 Å². The first-order valence-corrected chi connectivity index (χ1v) is 13.1. The number of carbonyl (C=O) groups excluding carboxylic acids is 3. The first-order chi connectivity index (χ1) is 19.5. The van der Waals surface area contributed by atoms with E-state index in [-0.39, 0.29) is 31.0 Å². The number of anilines is 1. The molecule has 0 atom stereocenters. The van der Waals surface area contributed by atoms with Crippen LogP contribution in [-0.4, -0.2) is 37.7 Å². The number of fused-ring (bicyclic) bond motifs is 1. The van der Waals surface area contributed by atoms with Crippen molar-refractivity contribution in [2.24, 2.45) is 0 Å². The van der Waals surface area contributed by atoms with Gasteiger partial charge in [0.25, 0.3) is 0 Å². The molecule has 0 saturated carbocycles. The summed E-state index contributed by atoms with van der Waals surface area (Å²) >= 11 is 0. The fourth-order valence-electron chi connectivity index (χ4n) is 4.51. The Kier molecular flexibility index (Phi) is 9.35. The molecule has 0 fully saturated rings. The Morgan fingerprint density at radius 3 is 1.98 bits per heavy atom. The molecule has 0 aliphatic carbocycles. The van der Waals surface area contributed by atoms with Crippen molar-refractivity contribution in [3.63, 3.8) is 0 Å². The van der Waals surface area contributed by atoms with E-state index in [4.69, 9.17) is 18.9 Å². The number of hydrogen-bond donors (Lipinski definition) is 0. The Bertz CT molecular complexity index is 1440. The van der Waals surface area contributed by atoms with Crippen LogP contribution in [0.3, 0.4) is 0 Å². The fourth-order valence-corrected chi connectivity index (χ4v) is 4.51. The van der Waals surface area contributed by atoms with Gasteiger partial charge < -0.3 is 23.8 Å². The van der Waals surface area contributed by atoms with Crippen molar-refractivity contribution in [2.45, 2.75) is 26.7 Å². The molecule has 1 heterocycles. The highest BCUT2D eigenvalue weighted by molar-refractivity contribution is 6.02. The lowest BCUT2D eigenvalue weighted by Gasteiger charge is -2.31. The van der Waals surface area contributed by atoms with Gasteiger partial charge in [-0.1, -0.05) is 48.5 Å². The molecule has 3 aromatic carbocycles. The third kappa shape index (κ3) is 6.23. The molecule has 0 bridgehead atoms. The van der Waals surface area contributed by atoms with Crippen molar-refractivity contribution in [1.29, 1.82) is 0 Å². The van der Waals surface area contributed by atoms with E-state index in [1.54, 1.807) is 44.1 Å². The molecule has 0 unspecified atom stereocenters. The van der Waals surface area contributed by atoms with Crippen molar-refractivity contribution in [3.8, 4) is 5.75 Å². The Balaban J connectivity index is 1.95. The second-order valence-electron chi connectivity index (χ2n) is 8.66. The Morgan fingerprint density at radius 1 is 0.750 bits per heavy atom. The highest BCUT2D eigenvalue weighted by Crippen LogP contribution is 2.45. The summed E-state index contributed by atoms with van der Waals surface area (Å²) in [4.78, 5) is 40.6. The van der Waals surface area contributed by atoms with Gasteiger partial charge in [0.2, 0.25) is 0 Å². The van der Waals surface area contributed by atoms with Crippen LogP contribution in [-0.2, 0) is 28.6 Å².